The largest absolute Gasteiger partial charge is 0.493 e. The molecule has 0 bridgehead atoms. The Labute approximate surface area is 214 Å². The van der Waals surface area contributed by atoms with E-state index in [-0.39, 0.29) is 41.8 Å². The number of fused-ring (bicyclic) bond motifs is 1. The lowest BCUT2D eigenvalue weighted by Crippen LogP contribution is -2.43. The number of carbonyl (C=O) groups excluding carboxylic acids is 2. The van der Waals surface area contributed by atoms with Gasteiger partial charge in [0.1, 0.15) is 6.54 Å². The number of methoxy groups -OCH3 is 2. The molecule has 4 rings (SSSR count). The molecule has 1 aromatic heterocycles. The van der Waals surface area contributed by atoms with Gasteiger partial charge in [-0.1, -0.05) is 25.5 Å². The average molecular weight is 509 g/mol. The standard InChI is InChI=1S/C27H32N4O6/c1-4-5-12-28-24(32)16-30-21-14-23(37-3)22(36-2)13-20(21)26(34)31(27(30)35)15-17-6-8-18(9-7-17)25(33)29-19-10-11-19/h6-9,13-14,19H,4-5,10-12,15-16H2,1-3H3,(H,28,32)(H,29,33). The highest BCUT2D eigenvalue weighted by Crippen LogP contribution is 2.30. The van der Waals surface area contributed by atoms with Crippen molar-refractivity contribution in [3.8, 4) is 11.5 Å². The fourth-order valence-electron chi connectivity index (χ4n) is 4.08. The molecule has 3 aromatic rings. The Morgan fingerprint density at radius 2 is 1.68 bits per heavy atom. The fraction of sp³-hybridized carbons (Fsp3) is 0.407. The molecule has 0 aliphatic heterocycles. The lowest BCUT2D eigenvalue weighted by Gasteiger charge is -2.16. The number of benzene rings is 2. The molecule has 1 heterocycles. The lowest BCUT2D eigenvalue weighted by atomic mass is 10.1. The van der Waals surface area contributed by atoms with E-state index in [1.165, 1.54) is 30.9 Å². The van der Waals surface area contributed by atoms with Crippen molar-refractivity contribution in [1.29, 1.82) is 0 Å². The number of amides is 2. The van der Waals surface area contributed by atoms with Gasteiger partial charge in [-0.3, -0.25) is 23.5 Å². The molecule has 0 atom stereocenters. The Morgan fingerprint density at radius 1 is 1.00 bits per heavy atom. The number of rotatable bonds is 11. The van der Waals surface area contributed by atoms with Crippen molar-refractivity contribution < 1.29 is 19.1 Å². The molecule has 1 fully saturated rings. The second-order valence-corrected chi connectivity index (χ2v) is 9.13. The number of aromatic nitrogens is 2. The normalized spacial score (nSPS) is 12.8. The van der Waals surface area contributed by atoms with Crippen LogP contribution in [-0.4, -0.2) is 47.8 Å². The van der Waals surface area contributed by atoms with E-state index in [0.717, 1.165) is 30.3 Å². The van der Waals surface area contributed by atoms with Crippen molar-refractivity contribution in [3.63, 3.8) is 0 Å². The summed E-state index contributed by atoms with van der Waals surface area (Å²) in [5.41, 5.74) is 0.326. The molecule has 0 radical (unpaired) electrons. The molecule has 196 valence electrons. The SMILES string of the molecule is CCCCNC(=O)Cn1c(=O)n(Cc2ccc(C(=O)NC3CC3)cc2)c(=O)c2cc(OC)c(OC)cc21. The third kappa shape index (κ3) is 5.84. The molecule has 1 aliphatic rings. The van der Waals surface area contributed by atoms with Crippen LogP contribution in [0.25, 0.3) is 10.9 Å². The molecule has 2 aromatic carbocycles. The Balaban J connectivity index is 1.73. The van der Waals surface area contributed by atoms with E-state index in [9.17, 15) is 19.2 Å². The predicted molar refractivity (Wildman–Crippen MR) is 140 cm³/mol. The average Bonchev–Trinajstić information content (AvgIpc) is 3.72. The Bertz CT molecular complexity index is 1420. The van der Waals surface area contributed by atoms with Crippen molar-refractivity contribution in [2.24, 2.45) is 0 Å². The van der Waals surface area contributed by atoms with Crippen LogP contribution in [0.3, 0.4) is 0 Å². The minimum absolute atomic E-state index is 0.0239. The van der Waals surface area contributed by atoms with Gasteiger partial charge in [0.15, 0.2) is 11.5 Å². The Hall–Kier alpha value is -4.08. The molecular weight excluding hydrogens is 476 g/mol. The number of nitrogens with zero attached hydrogens (tertiary/aromatic N) is 2. The number of unbranched alkanes of at least 4 members (excludes halogenated alkanes) is 1. The number of nitrogens with one attached hydrogen (secondary N) is 2. The third-order valence-electron chi connectivity index (χ3n) is 6.35. The first-order valence-corrected chi connectivity index (χ1v) is 12.4. The van der Waals surface area contributed by atoms with Crippen molar-refractivity contribution >= 4 is 22.7 Å². The van der Waals surface area contributed by atoms with E-state index in [2.05, 4.69) is 10.6 Å². The van der Waals surface area contributed by atoms with Gasteiger partial charge >= 0.3 is 5.69 Å². The molecule has 2 amide bonds. The van der Waals surface area contributed by atoms with Crippen LogP contribution in [0.1, 0.15) is 48.5 Å². The van der Waals surface area contributed by atoms with E-state index in [1.807, 2.05) is 6.92 Å². The van der Waals surface area contributed by atoms with Crippen LogP contribution in [0, 0.1) is 0 Å². The van der Waals surface area contributed by atoms with Gasteiger partial charge in [-0.15, -0.1) is 0 Å². The topological polar surface area (TPSA) is 121 Å². The van der Waals surface area contributed by atoms with E-state index in [1.54, 1.807) is 24.3 Å². The zero-order valence-corrected chi connectivity index (χ0v) is 21.3. The van der Waals surface area contributed by atoms with E-state index in [4.69, 9.17) is 9.47 Å². The van der Waals surface area contributed by atoms with Gasteiger partial charge < -0.3 is 20.1 Å². The summed E-state index contributed by atoms with van der Waals surface area (Å²) >= 11 is 0. The molecule has 0 spiro atoms. The summed E-state index contributed by atoms with van der Waals surface area (Å²) in [5.74, 6) is 0.200. The third-order valence-corrected chi connectivity index (χ3v) is 6.35. The number of ether oxygens (including phenoxy) is 2. The van der Waals surface area contributed by atoms with E-state index < -0.39 is 11.2 Å². The molecule has 10 nitrogen and oxygen atoms in total. The van der Waals surface area contributed by atoms with Crippen LogP contribution >= 0.6 is 0 Å². The first-order valence-electron chi connectivity index (χ1n) is 12.4. The minimum atomic E-state index is -0.620. The van der Waals surface area contributed by atoms with Crippen molar-refractivity contribution in [1.82, 2.24) is 19.8 Å². The summed E-state index contributed by atoms with van der Waals surface area (Å²) in [4.78, 5) is 51.9. The minimum Gasteiger partial charge on any atom is -0.493 e. The second kappa shape index (κ2) is 11.3. The van der Waals surface area contributed by atoms with Crippen molar-refractivity contribution in [3.05, 3.63) is 68.4 Å². The van der Waals surface area contributed by atoms with Crippen LogP contribution in [0.2, 0.25) is 0 Å². The molecule has 2 N–H and O–H groups in total. The summed E-state index contributed by atoms with van der Waals surface area (Å²) < 4.78 is 13.1. The summed E-state index contributed by atoms with van der Waals surface area (Å²) in [7, 11) is 2.92. The van der Waals surface area contributed by atoms with Crippen LogP contribution in [0.15, 0.2) is 46.0 Å². The van der Waals surface area contributed by atoms with Gasteiger partial charge in [-0.2, -0.15) is 0 Å². The van der Waals surface area contributed by atoms with Gasteiger partial charge in [0, 0.05) is 24.2 Å². The summed E-state index contributed by atoms with van der Waals surface area (Å²) in [5, 5.41) is 5.97. The molecule has 1 aliphatic carbocycles. The maximum absolute atomic E-state index is 13.5. The van der Waals surface area contributed by atoms with Gasteiger partial charge in [0.25, 0.3) is 11.5 Å². The van der Waals surface area contributed by atoms with Gasteiger partial charge in [-0.05, 0) is 43.0 Å². The smallest absolute Gasteiger partial charge is 0.332 e. The Kier molecular flexibility index (Phi) is 7.95. The summed E-state index contributed by atoms with van der Waals surface area (Å²) in [6, 6.07) is 10.1. The summed E-state index contributed by atoms with van der Waals surface area (Å²) in [6.45, 7) is 2.24. The Morgan fingerprint density at radius 3 is 2.30 bits per heavy atom. The summed E-state index contributed by atoms with van der Waals surface area (Å²) in [6.07, 6.45) is 3.73. The molecule has 10 heteroatoms. The van der Waals surface area contributed by atoms with Gasteiger partial charge in [0.2, 0.25) is 5.91 Å². The first-order chi connectivity index (χ1) is 17.9. The van der Waals surface area contributed by atoms with E-state index >= 15 is 0 Å². The maximum Gasteiger partial charge on any atom is 0.332 e. The van der Waals surface area contributed by atoms with E-state index in [0.29, 0.717) is 29.2 Å². The zero-order valence-electron chi connectivity index (χ0n) is 21.3. The highest BCUT2D eigenvalue weighted by Gasteiger charge is 2.24. The van der Waals surface area contributed by atoms with Crippen LogP contribution in [0.4, 0.5) is 0 Å². The van der Waals surface area contributed by atoms with Crippen molar-refractivity contribution in [2.45, 2.75) is 51.7 Å². The molecule has 0 unspecified atom stereocenters. The van der Waals surface area contributed by atoms with Crippen LogP contribution < -0.4 is 31.4 Å². The lowest BCUT2D eigenvalue weighted by molar-refractivity contribution is -0.121. The van der Waals surface area contributed by atoms with Crippen LogP contribution in [0.5, 0.6) is 11.5 Å². The zero-order chi connectivity index (χ0) is 26.5. The monoisotopic (exact) mass is 508 g/mol. The molecular formula is C27H32N4O6. The molecule has 1 saturated carbocycles. The van der Waals surface area contributed by atoms with Gasteiger partial charge in [0.05, 0.1) is 31.7 Å². The van der Waals surface area contributed by atoms with Crippen molar-refractivity contribution in [2.75, 3.05) is 20.8 Å². The first kappa shape index (κ1) is 26.0. The number of hydrogen-bond donors (Lipinski definition) is 2. The molecule has 37 heavy (non-hydrogen) atoms. The van der Waals surface area contributed by atoms with Crippen LogP contribution in [-0.2, 0) is 17.9 Å². The number of hydrogen-bond acceptors (Lipinski definition) is 6. The highest BCUT2D eigenvalue weighted by atomic mass is 16.5. The fourth-order valence-corrected chi connectivity index (χ4v) is 4.08. The molecule has 0 saturated heterocycles. The predicted octanol–water partition coefficient (Wildman–Crippen LogP) is 2.04. The maximum atomic E-state index is 13.5. The number of carbonyl (C=O) groups is 2. The second-order valence-electron chi connectivity index (χ2n) is 9.13. The quantitative estimate of drug-likeness (QED) is 0.383. The van der Waals surface area contributed by atoms with Gasteiger partial charge in [-0.25, -0.2) is 4.79 Å². The highest BCUT2D eigenvalue weighted by molar-refractivity contribution is 5.94.